The summed E-state index contributed by atoms with van der Waals surface area (Å²) in [5, 5.41) is 2.62. The van der Waals surface area contributed by atoms with E-state index in [0.717, 1.165) is 6.42 Å². The molecule has 0 aromatic heterocycles. The summed E-state index contributed by atoms with van der Waals surface area (Å²) in [7, 11) is 0. The first-order valence-corrected chi connectivity index (χ1v) is 11.0. The van der Waals surface area contributed by atoms with Gasteiger partial charge in [0.1, 0.15) is 5.60 Å². The molecule has 1 fully saturated rings. The van der Waals surface area contributed by atoms with E-state index in [1.165, 1.54) is 5.56 Å². The van der Waals surface area contributed by atoms with Gasteiger partial charge in [0, 0.05) is 44.7 Å². The zero-order valence-corrected chi connectivity index (χ0v) is 19.8. The van der Waals surface area contributed by atoms with Crippen LogP contribution in [-0.4, -0.2) is 66.0 Å². The SMILES string of the molecule is CC(C)(C)OC(=O)NCCC(=O)N1CCCN(C(=O)c2ccc(C(C)(C)C)cc2)CC1. The number of nitrogens with zero attached hydrogens (tertiary/aromatic N) is 2. The van der Waals surface area contributed by atoms with E-state index < -0.39 is 11.7 Å². The molecule has 0 spiro atoms. The van der Waals surface area contributed by atoms with Crippen molar-refractivity contribution in [1.29, 1.82) is 0 Å². The lowest BCUT2D eigenvalue weighted by atomic mass is 9.86. The Hall–Kier alpha value is -2.57. The maximum atomic E-state index is 12.9. The lowest BCUT2D eigenvalue weighted by Gasteiger charge is -2.23. The lowest BCUT2D eigenvalue weighted by molar-refractivity contribution is -0.130. The van der Waals surface area contributed by atoms with E-state index in [-0.39, 0.29) is 30.2 Å². The average molecular weight is 432 g/mol. The normalized spacial score (nSPS) is 15.3. The Labute approximate surface area is 186 Å². The van der Waals surface area contributed by atoms with Gasteiger partial charge in [-0.05, 0) is 50.3 Å². The third-order valence-corrected chi connectivity index (χ3v) is 5.14. The number of carbonyl (C=O) groups is 3. The number of ether oxygens (including phenoxy) is 1. The fraction of sp³-hybridized carbons (Fsp3) is 0.625. The van der Waals surface area contributed by atoms with Crippen LogP contribution in [0.4, 0.5) is 4.79 Å². The van der Waals surface area contributed by atoms with Crippen LogP contribution in [0.3, 0.4) is 0 Å². The van der Waals surface area contributed by atoms with Gasteiger partial charge in [-0.1, -0.05) is 32.9 Å². The number of hydrogen-bond donors (Lipinski definition) is 1. The number of alkyl carbamates (subject to hydrolysis) is 1. The summed E-state index contributed by atoms with van der Waals surface area (Å²) in [6.45, 7) is 14.3. The first-order valence-electron chi connectivity index (χ1n) is 11.0. The third kappa shape index (κ3) is 7.89. The van der Waals surface area contributed by atoms with Crippen molar-refractivity contribution in [3.8, 4) is 0 Å². The Morgan fingerprint density at radius 1 is 0.903 bits per heavy atom. The first-order chi connectivity index (χ1) is 14.4. The van der Waals surface area contributed by atoms with E-state index >= 15 is 0 Å². The van der Waals surface area contributed by atoms with Gasteiger partial charge in [-0.25, -0.2) is 4.79 Å². The fourth-order valence-corrected chi connectivity index (χ4v) is 3.41. The molecule has 0 bridgehead atoms. The second-order valence-electron chi connectivity index (χ2n) is 10.0. The van der Waals surface area contributed by atoms with Crippen LogP contribution in [0.2, 0.25) is 0 Å². The molecular formula is C24H37N3O4. The molecule has 1 aliphatic rings. The number of hydrogen-bond acceptors (Lipinski definition) is 4. The maximum absolute atomic E-state index is 12.9. The highest BCUT2D eigenvalue weighted by molar-refractivity contribution is 5.94. The summed E-state index contributed by atoms with van der Waals surface area (Å²) in [4.78, 5) is 40.7. The van der Waals surface area contributed by atoms with Crippen molar-refractivity contribution >= 4 is 17.9 Å². The minimum Gasteiger partial charge on any atom is -0.444 e. The molecule has 7 nitrogen and oxygen atoms in total. The molecule has 1 saturated heterocycles. The molecule has 1 aliphatic heterocycles. The molecule has 3 amide bonds. The maximum Gasteiger partial charge on any atom is 0.407 e. The number of benzene rings is 1. The van der Waals surface area contributed by atoms with E-state index in [9.17, 15) is 14.4 Å². The number of carbonyl (C=O) groups excluding carboxylic acids is 3. The Kier molecular flexibility index (Phi) is 8.09. The summed E-state index contributed by atoms with van der Waals surface area (Å²) in [6.07, 6.45) is 0.420. The van der Waals surface area contributed by atoms with Crippen molar-refractivity contribution in [3.63, 3.8) is 0 Å². The Bertz CT molecular complexity index is 775. The van der Waals surface area contributed by atoms with Crippen molar-refractivity contribution in [1.82, 2.24) is 15.1 Å². The minimum absolute atomic E-state index is 0.00125. The molecule has 0 radical (unpaired) electrons. The second-order valence-corrected chi connectivity index (χ2v) is 10.0. The number of rotatable bonds is 4. The van der Waals surface area contributed by atoms with Gasteiger partial charge in [0.05, 0.1) is 0 Å². The largest absolute Gasteiger partial charge is 0.444 e. The summed E-state index contributed by atoms with van der Waals surface area (Å²) >= 11 is 0. The van der Waals surface area contributed by atoms with Crippen LogP contribution in [0.15, 0.2) is 24.3 Å². The van der Waals surface area contributed by atoms with E-state index in [1.807, 2.05) is 29.2 Å². The zero-order valence-electron chi connectivity index (χ0n) is 19.8. The quantitative estimate of drug-likeness (QED) is 0.790. The van der Waals surface area contributed by atoms with Crippen molar-refractivity contribution in [3.05, 3.63) is 35.4 Å². The van der Waals surface area contributed by atoms with Crippen LogP contribution in [0.25, 0.3) is 0 Å². The molecule has 0 unspecified atom stereocenters. The topological polar surface area (TPSA) is 79.0 Å². The van der Waals surface area contributed by atoms with E-state index in [2.05, 4.69) is 26.1 Å². The van der Waals surface area contributed by atoms with Gasteiger partial charge < -0.3 is 19.9 Å². The molecule has 0 saturated carbocycles. The van der Waals surface area contributed by atoms with E-state index in [0.29, 0.717) is 31.7 Å². The van der Waals surface area contributed by atoms with Crippen LogP contribution in [0.5, 0.6) is 0 Å². The molecule has 7 heteroatoms. The predicted molar refractivity (Wildman–Crippen MR) is 121 cm³/mol. The number of amides is 3. The highest BCUT2D eigenvalue weighted by atomic mass is 16.6. The highest BCUT2D eigenvalue weighted by Gasteiger charge is 2.23. The van der Waals surface area contributed by atoms with Crippen LogP contribution < -0.4 is 5.32 Å². The first kappa shape index (κ1) is 24.7. The molecule has 31 heavy (non-hydrogen) atoms. The smallest absolute Gasteiger partial charge is 0.407 e. The molecule has 0 aliphatic carbocycles. The molecule has 1 aromatic carbocycles. The van der Waals surface area contributed by atoms with E-state index in [1.54, 1.807) is 25.7 Å². The highest BCUT2D eigenvalue weighted by Crippen LogP contribution is 2.22. The van der Waals surface area contributed by atoms with Crippen molar-refractivity contribution in [2.75, 3.05) is 32.7 Å². The number of nitrogens with one attached hydrogen (secondary N) is 1. The summed E-state index contributed by atoms with van der Waals surface area (Å²) < 4.78 is 5.17. The van der Waals surface area contributed by atoms with Crippen LogP contribution >= 0.6 is 0 Å². The third-order valence-electron chi connectivity index (χ3n) is 5.14. The summed E-state index contributed by atoms with van der Waals surface area (Å²) in [5.41, 5.74) is 1.34. The predicted octanol–water partition coefficient (Wildman–Crippen LogP) is 3.57. The molecule has 1 heterocycles. The lowest BCUT2D eigenvalue weighted by Crippen LogP contribution is -2.39. The van der Waals surface area contributed by atoms with Crippen molar-refractivity contribution in [2.45, 2.75) is 65.4 Å². The van der Waals surface area contributed by atoms with Gasteiger partial charge in [-0.15, -0.1) is 0 Å². The van der Waals surface area contributed by atoms with Gasteiger partial charge >= 0.3 is 6.09 Å². The van der Waals surface area contributed by atoms with E-state index in [4.69, 9.17) is 4.74 Å². The minimum atomic E-state index is -0.568. The molecule has 1 aromatic rings. The zero-order chi connectivity index (χ0) is 23.2. The average Bonchev–Trinajstić information content (AvgIpc) is 2.91. The van der Waals surface area contributed by atoms with Crippen LogP contribution in [-0.2, 0) is 14.9 Å². The van der Waals surface area contributed by atoms with Gasteiger partial charge in [0.15, 0.2) is 0 Å². The Balaban J connectivity index is 1.84. The monoisotopic (exact) mass is 431 g/mol. The Morgan fingerprint density at radius 3 is 2.06 bits per heavy atom. The molecule has 2 rings (SSSR count). The standard InChI is InChI=1S/C24H37N3O4/c1-23(2,3)19-10-8-18(9-11-19)21(29)27-15-7-14-26(16-17-27)20(28)12-13-25-22(30)31-24(4,5)6/h8-11H,7,12-17H2,1-6H3,(H,25,30). The van der Waals surface area contributed by atoms with Crippen LogP contribution in [0, 0.1) is 0 Å². The summed E-state index contributed by atoms with van der Waals surface area (Å²) in [6, 6.07) is 7.80. The molecule has 172 valence electrons. The Morgan fingerprint density at radius 2 is 1.48 bits per heavy atom. The van der Waals surface area contributed by atoms with Crippen LogP contribution in [0.1, 0.15) is 70.3 Å². The molecule has 1 N–H and O–H groups in total. The molecular weight excluding hydrogens is 394 g/mol. The molecule has 0 atom stereocenters. The van der Waals surface area contributed by atoms with Gasteiger partial charge in [-0.2, -0.15) is 0 Å². The fourth-order valence-electron chi connectivity index (χ4n) is 3.41. The van der Waals surface area contributed by atoms with Crippen molar-refractivity contribution in [2.24, 2.45) is 0 Å². The van der Waals surface area contributed by atoms with Gasteiger partial charge in [0.2, 0.25) is 5.91 Å². The van der Waals surface area contributed by atoms with Gasteiger partial charge in [-0.3, -0.25) is 9.59 Å². The van der Waals surface area contributed by atoms with Crippen molar-refractivity contribution < 1.29 is 19.1 Å². The second kappa shape index (κ2) is 10.2. The summed E-state index contributed by atoms with van der Waals surface area (Å²) in [5.74, 6) is -0.0266. The van der Waals surface area contributed by atoms with Gasteiger partial charge in [0.25, 0.3) is 5.91 Å².